The van der Waals surface area contributed by atoms with E-state index in [1.165, 1.54) is 52.1 Å². The molecule has 0 radical (unpaired) electrons. The molecule has 1 atom stereocenters. The zero-order chi connectivity index (χ0) is 11.6. The molecule has 16 heavy (non-hydrogen) atoms. The van der Waals surface area contributed by atoms with Gasteiger partial charge in [-0.2, -0.15) is 0 Å². The molecular formula is C13H27N3. The summed E-state index contributed by atoms with van der Waals surface area (Å²) in [5.41, 5.74) is 0.345. The largest absolute Gasteiger partial charge is 0.313 e. The van der Waals surface area contributed by atoms with Crippen LogP contribution < -0.4 is 5.32 Å². The molecule has 2 aliphatic rings. The lowest BCUT2D eigenvalue weighted by molar-refractivity contribution is 0.0590. The van der Waals surface area contributed by atoms with Crippen molar-refractivity contribution in [2.75, 3.05) is 39.3 Å². The van der Waals surface area contributed by atoms with Crippen LogP contribution in [0.25, 0.3) is 0 Å². The van der Waals surface area contributed by atoms with E-state index >= 15 is 0 Å². The second kappa shape index (κ2) is 5.03. The van der Waals surface area contributed by atoms with Gasteiger partial charge in [0.1, 0.15) is 0 Å². The minimum atomic E-state index is 0.345. The van der Waals surface area contributed by atoms with Gasteiger partial charge in [0.05, 0.1) is 0 Å². The number of nitrogens with zero attached hydrogens (tertiary/aromatic N) is 2. The Morgan fingerprint density at radius 1 is 1.12 bits per heavy atom. The maximum absolute atomic E-state index is 3.59. The number of piperazine rings is 1. The third-order valence-electron chi connectivity index (χ3n) is 3.96. The SMILES string of the molecule is CC(C)(C)N1CCN(C[C@@H]2CCCN2)CC1. The van der Waals surface area contributed by atoms with Crippen molar-refractivity contribution in [2.45, 2.75) is 45.2 Å². The van der Waals surface area contributed by atoms with Gasteiger partial charge in [-0.1, -0.05) is 0 Å². The van der Waals surface area contributed by atoms with Crippen molar-refractivity contribution in [3.63, 3.8) is 0 Å². The first-order chi connectivity index (χ1) is 7.55. The van der Waals surface area contributed by atoms with Gasteiger partial charge in [0.15, 0.2) is 0 Å². The van der Waals surface area contributed by atoms with Crippen LogP contribution in [0.3, 0.4) is 0 Å². The third kappa shape index (κ3) is 3.19. The lowest BCUT2D eigenvalue weighted by Gasteiger charge is -2.42. The predicted octanol–water partition coefficient (Wildman–Crippen LogP) is 1.15. The average molecular weight is 225 g/mol. The highest BCUT2D eigenvalue weighted by Gasteiger charge is 2.27. The highest BCUT2D eigenvalue weighted by Crippen LogP contribution is 2.16. The lowest BCUT2D eigenvalue weighted by atomic mass is 10.0. The molecule has 3 heteroatoms. The number of hydrogen-bond acceptors (Lipinski definition) is 3. The number of rotatable bonds is 2. The minimum absolute atomic E-state index is 0.345. The molecule has 1 N–H and O–H groups in total. The van der Waals surface area contributed by atoms with Crippen molar-refractivity contribution in [3.05, 3.63) is 0 Å². The van der Waals surface area contributed by atoms with Gasteiger partial charge in [0.25, 0.3) is 0 Å². The Kier molecular flexibility index (Phi) is 3.88. The first-order valence-electron chi connectivity index (χ1n) is 6.76. The fourth-order valence-corrected chi connectivity index (χ4v) is 2.83. The van der Waals surface area contributed by atoms with Gasteiger partial charge in [0.2, 0.25) is 0 Å². The molecule has 2 rings (SSSR count). The number of hydrogen-bond donors (Lipinski definition) is 1. The molecule has 2 heterocycles. The molecule has 3 nitrogen and oxygen atoms in total. The fraction of sp³-hybridized carbons (Fsp3) is 1.00. The second-order valence-electron chi connectivity index (χ2n) is 6.25. The molecule has 0 saturated carbocycles. The Morgan fingerprint density at radius 3 is 2.31 bits per heavy atom. The molecule has 0 aromatic heterocycles. The van der Waals surface area contributed by atoms with Crippen LogP contribution in [0.1, 0.15) is 33.6 Å². The van der Waals surface area contributed by atoms with Crippen molar-refractivity contribution < 1.29 is 0 Å². The molecular weight excluding hydrogens is 198 g/mol. The maximum Gasteiger partial charge on any atom is 0.0195 e. The summed E-state index contributed by atoms with van der Waals surface area (Å²) in [6.07, 6.45) is 2.74. The predicted molar refractivity (Wildman–Crippen MR) is 68.8 cm³/mol. The van der Waals surface area contributed by atoms with Crippen molar-refractivity contribution >= 4 is 0 Å². The van der Waals surface area contributed by atoms with Gasteiger partial charge in [-0.15, -0.1) is 0 Å². The van der Waals surface area contributed by atoms with Gasteiger partial charge in [-0.3, -0.25) is 9.80 Å². The average Bonchev–Trinajstić information content (AvgIpc) is 2.70. The van der Waals surface area contributed by atoms with Gasteiger partial charge >= 0.3 is 0 Å². The van der Waals surface area contributed by atoms with Crippen molar-refractivity contribution in [3.8, 4) is 0 Å². The van der Waals surface area contributed by atoms with Crippen LogP contribution >= 0.6 is 0 Å². The zero-order valence-electron chi connectivity index (χ0n) is 11.1. The van der Waals surface area contributed by atoms with Crippen LogP contribution in [0, 0.1) is 0 Å². The summed E-state index contributed by atoms with van der Waals surface area (Å²) in [4.78, 5) is 5.23. The van der Waals surface area contributed by atoms with E-state index in [4.69, 9.17) is 0 Å². The quantitative estimate of drug-likeness (QED) is 0.761. The second-order valence-corrected chi connectivity index (χ2v) is 6.25. The summed E-state index contributed by atoms with van der Waals surface area (Å²) in [6, 6.07) is 0.765. The molecule has 0 bridgehead atoms. The summed E-state index contributed by atoms with van der Waals surface area (Å²) in [6.45, 7) is 14.4. The Hall–Kier alpha value is -0.120. The summed E-state index contributed by atoms with van der Waals surface area (Å²) < 4.78 is 0. The van der Waals surface area contributed by atoms with Crippen LogP contribution in [0.15, 0.2) is 0 Å². The van der Waals surface area contributed by atoms with Crippen LogP contribution in [0.5, 0.6) is 0 Å². The standard InChI is InChI=1S/C13H27N3/c1-13(2,3)16-9-7-15(8-10-16)11-12-5-4-6-14-12/h12,14H,4-11H2,1-3H3/t12-/m0/s1. The van der Waals surface area contributed by atoms with Crippen LogP contribution in [-0.4, -0.2) is 60.6 Å². The number of nitrogens with one attached hydrogen (secondary N) is 1. The Labute approximate surface area is 100 Å². The lowest BCUT2D eigenvalue weighted by Crippen LogP contribution is -2.55. The van der Waals surface area contributed by atoms with Gasteiger partial charge in [-0.05, 0) is 40.2 Å². The van der Waals surface area contributed by atoms with Crippen LogP contribution in [0.2, 0.25) is 0 Å². The normalized spacial score (nSPS) is 29.8. The van der Waals surface area contributed by atoms with E-state index in [1.54, 1.807) is 0 Å². The van der Waals surface area contributed by atoms with Gasteiger partial charge in [-0.25, -0.2) is 0 Å². The van der Waals surface area contributed by atoms with Gasteiger partial charge < -0.3 is 5.32 Å². The molecule has 0 unspecified atom stereocenters. The van der Waals surface area contributed by atoms with Crippen LogP contribution in [0.4, 0.5) is 0 Å². The zero-order valence-corrected chi connectivity index (χ0v) is 11.1. The molecule has 0 aromatic rings. The highest BCUT2D eigenvalue weighted by molar-refractivity contribution is 4.84. The summed E-state index contributed by atoms with van der Waals surface area (Å²) in [7, 11) is 0. The molecule has 2 fully saturated rings. The van der Waals surface area contributed by atoms with E-state index in [0.717, 1.165) is 6.04 Å². The van der Waals surface area contributed by atoms with E-state index in [2.05, 4.69) is 35.9 Å². The highest BCUT2D eigenvalue weighted by atomic mass is 15.3. The maximum atomic E-state index is 3.59. The van der Waals surface area contributed by atoms with Gasteiger partial charge in [0, 0.05) is 44.3 Å². The van der Waals surface area contributed by atoms with E-state index in [0.29, 0.717) is 5.54 Å². The minimum Gasteiger partial charge on any atom is -0.313 e. The molecule has 2 aliphatic heterocycles. The Morgan fingerprint density at radius 2 is 1.81 bits per heavy atom. The van der Waals surface area contributed by atoms with E-state index < -0.39 is 0 Å². The first kappa shape index (κ1) is 12.3. The van der Waals surface area contributed by atoms with E-state index in [-0.39, 0.29) is 0 Å². The summed E-state index contributed by atoms with van der Waals surface area (Å²) in [5, 5.41) is 3.59. The smallest absolute Gasteiger partial charge is 0.0195 e. The summed E-state index contributed by atoms with van der Waals surface area (Å²) in [5.74, 6) is 0. The first-order valence-corrected chi connectivity index (χ1v) is 6.76. The Bertz CT molecular complexity index is 208. The monoisotopic (exact) mass is 225 g/mol. The van der Waals surface area contributed by atoms with Crippen molar-refractivity contribution in [1.82, 2.24) is 15.1 Å². The van der Waals surface area contributed by atoms with Crippen molar-refractivity contribution in [2.24, 2.45) is 0 Å². The van der Waals surface area contributed by atoms with Crippen LogP contribution in [-0.2, 0) is 0 Å². The molecule has 0 amide bonds. The van der Waals surface area contributed by atoms with E-state index in [9.17, 15) is 0 Å². The topological polar surface area (TPSA) is 18.5 Å². The molecule has 0 aliphatic carbocycles. The third-order valence-corrected chi connectivity index (χ3v) is 3.96. The fourth-order valence-electron chi connectivity index (χ4n) is 2.83. The molecule has 0 spiro atoms. The summed E-state index contributed by atoms with van der Waals surface area (Å²) >= 11 is 0. The Balaban J connectivity index is 1.72. The van der Waals surface area contributed by atoms with Crippen molar-refractivity contribution in [1.29, 1.82) is 0 Å². The van der Waals surface area contributed by atoms with E-state index in [1.807, 2.05) is 0 Å². The molecule has 94 valence electrons. The molecule has 2 saturated heterocycles. The molecule has 0 aromatic carbocycles.